The molecule has 0 radical (unpaired) electrons. The van der Waals surface area contributed by atoms with Gasteiger partial charge in [0.15, 0.2) is 0 Å². The van der Waals surface area contributed by atoms with E-state index in [2.05, 4.69) is 19.9 Å². The van der Waals surface area contributed by atoms with Gasteiger partial charge in [0, 0.05) is 19.3 Å². The first-order chi connectivity index (χ1) is 13.2. The van der Waals surface area contributed by atoms with E-state index in [1.54, 1.807) is 12.3 Å². The number of ether oxygens (including phenoxy) is 1. The van der Waals surface area contributed by atoms with Crippen LogP contribution in [0.1, 0.15) is 11.4 Å². The summed E-state index contributed by atoms with van der Waals surface area (Å²) in [4.78, 5) is 29.9. The summed E-state index contributed by atoms with van der Waals surface area (Å²) in [6, 6.07) is 13.5. The maximum atomic E-state index is 12.1. The van der Waals surface area contributed by atoms with E-state index in [9.17, 15) is 4.79 Å². The minimum Gasteiger partial charge on any atom is -0.473 e. The summed E-state index contributed by atoms with van der Waals surface area (Å²) in [7, 11) is 1.84. The lowest BCUT2D eigenvalue weighted by atomic mass is 10.2. The molecule has 1 aromatic carbocycles. The third kappa shape index (κ3) is 3.95. The number of rotatable bonds is 6. The van der Waals surface area contributed by atoms with Crippen molar-refractivity contribution in [3.05, 3.63) is 75.8 Å². The molecule has 0 saturated carbocycles. The first-order valence-electron chi connectivity index (χ1n) is 8.36. The van der Waals surface area contributed by atoms with Gasteiger partial charge >= 0.3 is 0 Å². The summed E-state index contributed by atoms with van der Waals surface area (Å²) in [5.74, 6) is 1.55. The second-order valence-electron chi connectivity index (χ2n) is 5.97. The van der Waals surface area contributed by atoms with Gasteiger partial charge in [0.1, 0.15) is 17.1 Å². The number of nitrogens with one attached hydrogen (secondary N) is 1. The third-order valence-corrected chi connectivity index (χ3v) is 4.84. The van der Waals surface area contributed by atoms with Gasteiger partial charge in [-0.15, -0.1) is 11.3 Å². The molecule has 4 aromatic rings. The number of aromatic amines is 1. The van der Waals surface area contributed by atoms with Crippen LogP contribution in [0.15, 0.2) is 58.8 Å². The minimum atomic E-state index is -0.126. The smallest absolute Gasteiger partial charge is 0.268 e. The van der Waals surface area contributed by atoms with E-state index < -0.39 is 0 Å². The summed E-state index contributed by atoms with van der Waals surface area (Å²) in [6.07, 6.45) is 1.65. The molecule has 8 heteroatoms. The zero-order valence-electron chi connectivity index (χ0n) is 14.6. The number of anilines is 1. The average Bonchev–Trinajstić information content (AvgIpc) is 3.17. The average molecular weight is 379 g/mol. The van der Waals surface area contributed by atoms with E-state index in [4.69, 9.17) is 4.74 Å². The number of fused-ring (bicyclic) bond motifs is 1. The molecule has 0 bridgehead atoms. The Kier molecular flexibility index (Phi) is 4.80. The van der Waals surface area contributed by atoms with Crippen molar-refractivity contribution in [2.45, 2.75) is 13.2 Å². The Balaban J connectivity index is 1.48. The van der Waals surface area contributed by atoms with Crippen LogP contribution in [0.4, 0.5) is 5.95 Å². The predicted molar refractivity (Wildman–Crippen MR) is 105 cm³/mol. The molecule has 0 amide bonds. The van der Waals surface area contributed by atoms with E-state index in [1.807, 2.05) is 53.7 Å². The normalized spacial score (nSPS) is 10.9. The second kappa shape index (κ2) is 7.55. The van der Waals surface area contributed by atoms with Crippen molar-refractivity contribution in [1.82, 2.24) is 19.9 Å². The Hall–Kier alpha value is -3.26. The first-order valence-corrected chi connectivity index (χ1v) is 9.24. The van der Waals surface area contributed by atoms with Crippen molar-refractivity contribution < 1.29 is 4.74 Å². The van der Waals surface area contributed by atoms with Crippen molar-refractivity contribution in [3.8, 4) is 5.88 Å². The third-order valence-electron chi connectivity index (χ3n) is 3.94. The molecule has 0 aliphatic carbocycles. The number of aromatic nitrogens is 4. The summed E-state index contributed by atoms with van der Waals surface area (Å²) in [5.41, 5.74) is 1.64. The van der Waals surface area contributed by atoms with Gasteiger partial charge in [0.05, 0.1) is 12.1 Å². The van der Waals surface area contributed by atoms with E-state index in [-0.39, 0.29) is 5.56 Å². The highest BCUT2D eigenvalue weighted by atomic mass is 32.1. The Bertz CT molecular complexity index is 1110. The fraction of sp³-hybridized carbons (Fsp3) is 0.158. The molecule has 1 N–H and O–H groups in total. The Morgan fingerprint density at radius 2 is 2.00 bits per heavy atom. The quantitative estimate of drug-likeness (QED) is 0.554. The Labute approximate surface area is 159 Å². The molecule has 0 aliphatic rings. The number of thiophene rings is 1. The van der Waals surface area contributed by atoms with Gasteiger partial charge in [-0.3, -0.25) is 4.79 Å². The van der Waals surface area contributed by atoms with Crippen molar-refractivity contribution in [3.63, 3.8) is 0 Å². The second-order valence-corrected chi connectivity index (χ2v) is 6.89. The lowest BCUT2D eigenvalue weighted by molar-refractivity contribution is 0.293. The number of hydrogen-bond donors (Lipinski definition) is 1. The standard InChI is InChI=1S/C19H17N5O2S/c1-24(11-15-21-14-8-10-27-17(14)18(25)22-15)19-20-9-7-16(23-19)26-12-13-5-3-2-4-6-13/h2-10H,11-12H2,1H3,(H,21,22,25). The largest absolute Gasteiger partial charge is 0.473 e. The molecule has 0 saturated heterocycles. The SMILES string of the molecule is CN(Cc1nc2ccsc2c(=O)[nH]1)c1nccc(OCc2ccccc2)n1. The van der Waals surface area contributed by atoms with Crippen LogP contribution >= 0.6 is 11.3 Å². The molecular formula is C19H17N5O2S. The molecular weight excluding hydrogens is 362 g/mol. The molecule has 0 unspecified atom stereocenters. The number of H-pyrrole nitrogens is 1. The summed E-state index contributed by atoms with van der Waals surface area (Å²) in [5, 5.41) is 1.86. The Morgan fingerprint density at radius 1 is 1.15 bits per heavy atom. The summed E-state index contributed by atoms with van der Waals surface area (Å²) < 4.78 is 6.38. The van der Waals surface area contributed by atoms with Crippen molar-refractivity contribution >= 4 is 27.5 Å². The van der Waals surface area contributed by atoms with Gasteiger partial charge in [-0.05, 0) is 17.0 Å². The van der Waals surface area contributed by atoms with Gasteiger partial charge in [-0.1, -0.05) is 30.3 Å². The zero-order chi connectivity index (χ0) is 18.6. The molecule has 7 nitrogen and oxygen atoms in total. The molecule has 4 rings (SSSR count). The van der Waals surface area contributed by atoms with Gasteiger partial charge in [0.25, 0.3) is 5.56 Å². The van der Waals surface area contributed by atoms with Crippen LogP contribution in [0, 0.1) is 0 Å². The lowest BCUT2D eigenvalue weighted by Crippen LogP contribution is -2.23. The highest BCUT2D eigenvalue weighted by Gasteiger charge is 2.11. The zero-order valence-corrected chi connectivity index (χ0v) is 15.4. The molecule has 3 aromatic heterocycles. The maximum Gasteiger partial charge on any atom is 0.268 e. The molecule has 0 fully saturated rings. The number of hydrogen-bond acceptors (Lipinski definition) is 7. The molecule has 136 valence electrons. The highest BCUT2D eigenvalue weighted by molar-refractivity contribution is 7.17. The van der Waals surface area contributed by atoms with E-state index in [0.717, 1.165) is 5.56 Å². The van der Waals surface area contributed by atoms with Crippen LogP contribution in [0.3, 0.4) is 0 Å². The monoisotopic (exact) mass is 379 g/mol. The van der Waals surface area contributed by atoms with Crippen LogP contribution in [0.25, 0.3) is 10.2 Å². The highest BCUT2D eigenvalue weighted by Crippen LogP contribution is 2.16. The topological polar surface area (TPSA) is 84.0 Å². The molecule has 0 aliphatic heterocycles. The van der Waals surface area contributed by atoms with E-state index in [1.165, 1.54) is 11.3 Å². The van der Waals surface area contributed by atoms with Gasteiger partial charge in [-0.2, -0.15) is 4.98 Å². The summed E-state index contributed by atoms with van der Waals surface area (Å²) in [6.45, 7) is 0.813. The van der Waals surface area contributed by atoms with Crippen LogP contribution < -0.4 is 15.2 Å². The number of nitrogens with zero attached hydrogens (tertiary/aromatic N) is 4. The van der Waals surface area contributed by atoms with Gasteiger partial charge < -0.3 is 14.6 Å². The fourth-order valence-corrected chi connectivity index (χ4v) is 3.35. The lowest BCUT2D eigenvalue weighted by Gasteiger charge is -2.16. The van der Waals surface area contributed by atoms with Crippen molar-refractivity contribution in [2.75, 3.05) is 11.9 Å². The maximum absolute atomic E-state index is 12.1. The van der Waals surface area contributed by atoms with Crippen LogP contribution in [0.2, 0.25) is 0 Å². The minimum absolute atomic E-state index is 0.126. The summed E-state index contributed by atoms with van der Waals surface area (Å²) >= 11 is 1.38. The van der Waals surface area contributed by atoms with Crippen molar-refractivity contribution in [2.24, 2.45) is 0 Å². The van der Waals surface area contributed by atoms with Crippen LogP contribution in [0.5, 0.6) is 5.88 Å². The van der Waals surface area contributed by atoms with Crippen LogP contribution in [-0.2, 0) is 13.2 Å². The first kappa shape index (κ1) is 17.2. The van der Waals surface area contributed by atoms with Gasteiger partial charge in [0.2, 0.25) is 11.8 Å². The molecule has 27 heavy (non-hydrogen) atoms. The van der Waals surface area contributed by atoms with Crippen LogP contribution in [-0.4, -0.2) is 27.0 Å². The van der Waals surface area contributed by atoms with Gasteiger partial charge in [-0.25, -0.2) is 9.97 Å². The number of benzene rings is 1. The predicted octanol–water partition coefficient (Wildman–Crippen LogP) is 2.99. The Morgan fingerprint density at radius 3 is 2.85 bits per heavy atom. The van der Waals surface area contributed by atoms with Crippen molar-refractivity contribution in [1.29, 1.82) is 0 Å². The van der Waals surface area contributed by atoms with E-state index in [0.29, 0.717) is 41.0 Å². The molecule has 0 spiro atoms. The van der Waals surface area contributed by atoms with E-state index >= 15 is 0 Å². The fourth-order valence-electron chi connectivity index (χ4n) is 2.62. The molecule has 0 atom stereocenters. The molecule has 3 heterocycles.